The van der Waals surface area contributed by atoms with E-state index in [4.69, 9.17) is 5.73 Å². The molecule has 0 aliphatic carbocycles. The van der Waals surface area contributed by atoms with Gasteiger partial charge in [0.1, 0.15) is 0 Å². The standard InChI is InChI=1S/C14H20F3NO2S/c1-9(2)10(3)21(19,20)8-13(18)11-5-4-6-12(7-11)14(15,16)17/h4-7,9-10,13H,8,18H2,1-3H3. The van der Waals surface area contributed by atoms with Crippen molar-refractivity contribution in [2.75, 3.05) is 5.75 Å². The molecule has 0 amide bonds. The van der Waals surface area contributed by atoms with Gasteiger partial charge in [-0.25, -0.2) is 8.42 Å². The highest BCUT2D eigenvalue weighted by Gasteiger charge is 2.32. The van der Waals surface area contributed by atoms with Crippen LogP contribution in [-0.4, -0.2) is 19.4 Å². The minimum atomic E-state index is -4.47. The Labute approximate surface area is 123 Å². The molecule has 21 heavy (non-hydrogen) atoms. The highest BCUT2D eigenvalue weighted by molar-refractivity contribution is 7.92. The van der Waals surface area contributed by atoms with Crippen LogP contribution >= 0.6 is 0 Å². The molecule has 7 heteroatoms. The maximum atomic E-state index is 12.6. The van der Waals surface area contributed by atoms with Gasteiger partial charge >= 0.3 is 6.18 Å². The maximum absolute atomic E-state index is 12.6. The number of benzene rings is 1. The number of hydrogen-bond donors (Lipinski definition) is 1. The average Bonchev–Trinajstić information content (AvgIpc) is 2.36. The molecule has 0 saturated heterocycles. The summed E-state index contributed by atoms with van der Waals surface area (Å²) in [4.78, 5) is 0. The van der Waals surface area contributed by atoms with Crippen LogP contribution in [0.15, 0.2) is 24.3 Å². The molecule has 2 unspecified atom stereocenters. The van der Waals surface area contributed by atoms with E-state index in [-0.39, 0.29) is 17.2 Å². The number of rotatable bonds is 5. The molecular formula is C14H20F3NO2S. The van der Waals surface area contributed by atoms with Gasteiger partial charge < -0.3 is 5.73 Å². The van der Waals surface area contributed by atoms with Crippen molar-refractivity contribution in [2.45, 2.75) is 38.2 Å². The molecule has 1 aromatic rings. The minimum Gasteiger partial charge on any atom is -0.323 e. The zero-order valence-electron chi connectivity index (χ0n) is 12.2. The van der Waals surface area contributed by atoms with Gasteiger partial charge in [-0.3, -0.25) is 0 Å². The van der Waals surface area contributed by atoms with E-state index in [0.717, 1.165) is 12.1 Å². The van der Waals surface area contributed by atoms with Gasteiger partial charge in [0.2, 0.25) is 0 Å². The van der Waals surface area contributed by atoms with Gasteiger partial charge in [-0.1, -0.05) is 26.0 Å². The normalized spacial score (nSPS) is 16.0. The highest BCUT2D eigenvalue weighted by atomic mass is 32.2. The predicted octanol–water partition coefficient (Wildman–Crippen LogP) is 3.16. The summed E-state index contributed by atoms with van der Waals surface area (Å²) in [6.45, 7) is 5.13. The first-order chi connectivity index (χ1) is 9.45. The quantitative estimate of drug-likeness (QED) is 0.905. The molecule has 0 aromatic heterocycles. The Bertz CT molecular complexity index is 582. The van der Waals surface area contributed by atoms with E-state index in [1.165, 1.54) is 12.1 Å². The van der Waals surface area contributed by atoms with Gasteiger partial charge in [0.25, 0.3) is 0 Å². The van der Waals surface area contributed by atoms with Crippen molar-refractivity contribution >= 4 is 9.84 Å². The molecule has 0 aliphatic heterocycles. The van der Waals surface area contributed by atoms with Crippen LogP contribution in [0.1, 0.15) is 37.9 Å². The molecule has 2 atom stereocenters. The van der Waals surface area contributed by atoms with Crippen LogP contribution in [0.25, 0.3) is 0 Å². The molecule has 0 bridgehead atoms. The van der Waals surface area contributed by atoms with Crippen LogP contribution in [-0.2, 0) is 16.0 Å². The first-order valence-corrected chi connectivity index (χ1v) is 8.31. The Hall–Kier alpha value is -1.08. The summed E-state index contributed by atoms with van der Waals surface area (Å²) in [5.74, 6) is -0.447. The van der Waals surface area contributed by atoms with Gasteiger partial charge in [-0.2, -0.15) is 13.2 Å². The Kier molecular flexibility index (Phi) is 5.44. The molecule has 0 spiro atoms. The number of nitrogens with two attached hydrogens (primary N) is 1. The Morgan fingerprint density at radius 1 is 1.19 bits per heavy atom. The van der Waals surface area contributed by atoms with Crippen LogP contribution < -0.4 is 5.73 Å². The van der Waals surface area contributed by atoms with Gasteiger partial charge in [-0.15, -0.1) is 0 Å². The smallest absolute Gasteiger partial charge is 0.323 e. The molecule has 0 aliphatic rings. The lowest BCUT2D eigenvalue weighted by molar-refractivity contribution is -0.137. The lowest BCUT2D eigenvalue weighted by atomic mass is 10.1. The second kappa shape index (κ2) is 6.36. The van der Waals surface area contributed by atoms with E-state index >= 15 is 0 Å². The van der Waals surface area contributed by atoms with Crippen LogP contribution in [0.4, 0.5) is 13.2 Å². The summed E-state index contributed by atoms with van der Waals surface area (Å²) in [5, 5.41) is -0.589. The fourth-order valence-corrected chi connectivity index (χ4v) is 3.68. The van der Waals surface area contributed by atoms with Gasteiger partial charge in [0.05, 0.1) is 16.6 Å². The molecule has 0 fully saturated rings. The van der Waals surface area contributed by atoms with E-state index in [0.29, 0.717) is 0 Å². The molecule has 0 saturated carbocycles. The summed E-state index contributed by atoms with van der Waals surface area (Å²) in [5.41, 5.74) is 5.13. The minimum absolute atomic E-state index is 0.0799. The third kappa shape index (κ3) is 4.71. The first-order valence-electron chi connectivity index (χ1n) is 6.59. The second-order valence-corrected chi connectivity index (χ2v) is 7.91. The second-order valence-electron chi connectivity index (χ2n) is 5.51. The number of alkyl halides is 3. The lowest BCUT2D eigenvalue weighted by Crippen LogP contribution is -2.31. The molecule has 0 heterocycles. The summed E-state index contributed by atoms with van der Waals surface area (Å²) in [7, 11) is -3.46. The average molecular weight is 323 g/mol. The predicted molar refractivity (Wildman–Crippen MR) is 76.5 cm³/mol. The van der Waals surface area contributed by atoms with Crippen LogP contribution in [0.5, 0.6) is 0 Å². The third-order valence-corrected chi connectivity index (χ3v) is 6.06. The first kappa shape index (κ1) is 18.0. The van der Waals surface area contributed by atoms with Gasteiger partial charge in [0, 0.05) is 6.04 Å². The van der Waals surface area contributed by atoms with Crippen molar-refractivity contribution in [3.63, 3.8) is 0 Å². The fourth-order valence-electron chi connectivity index (χ4n) is 1.86. The van der Waals surface area contributed by atoms with Crippen LogP contribution in [0.2, 0.25) is 0 Å². The summed E-state index contributed by atoms with van der Waals surface area (Å²) >= 11 is 0. The molecule has 1 aromatic carbocycles. The molecule has 120 valence electrons. The van der Waals surface area contributed by atoms with Crippen molar-refractivity contribution in [1.82, 2.24) is 0 Å². The maximum Gasteiger partial charge on any atom is 0.416 e. The number of hydrogen-bond acceptors (Lipinski definition) is 3. The highest BCUT2D eigenvalue weighted by Crippen LogP contribution is 2.31. The monoisotopic (exact) mass is 323 g/mol. The van der Waals surface area contributed by atoms with E-state index in [1.807, 2.05) is 0 Å². The zero-order valence-corrected chi connectivity index (χ0v) is 13.0. The summed E-state index contributed by atoms with van der Waals surface area (Å²) in [6.07, 6.45) is -4.47. The Morgan fingerprint density at radius 2 is 1.76 bits per heavy atom. The molecule has 3 nitrogen and oxygen atoms in total. The molecule has 1 rings (SSSR count). The van der Waals surface area contributed by atoms with E-state index in [9.17, 15) is 21.6 Å². The number of sulfone groups is 1. The van der Waals surface area contributed by atoms with Gasteiger partial charge in [-0.05, 0) is 30.5 Å². The van der Waals surface area contributed by atoms with E-state index in [2.05, 4.69) is 0 Å². The van der Waals surface area contributed by atoms with Gasteiger partial charge in [0.15, 0.2) is 9.84 Å². The Balaban J connectivity index is 2.98. The van der Waals surface area contributed by atoms with Crippen molar-refractivity contribution in [3.05, 3.63) is 35.4 Å². The summed E-state index contributed by atoms with van der Waals surface area (Å²) < 4.78 is 62.2. The largest absolute Gasteiger partial charge is 0.416 e. The van der Waals surface area contributed by atoms with Crippen LogP contribution in [0, 0.1) is 5.92 Å². The topological polar surface area (TPSA) is 60.2 Å². The van der Waals surface area contributed by atoms with Crippen molar-refractivity contribution in [3.8, 4) is 0 Å². The molecule has 0 radical (unpaired) electrons. The number of halogens is 3. The third-order valence-electron chi connectivity index (χ3n) is 3.56. The van der Waals surface area contributed by atoms with Crippen molar-refractivity contribution < 1.29 is 21.6 Å². The molecular weight excluding hydrogens is 303 g/mol. The van der Waals surface area contributed by atoms with Crippen LogP contribution in [0.3, 0.4) is 0 Å². The SMILES string of the molecule is CC(C)C(C)S(=O)(=O)CC(N)c1cccc(C(F)(F)F)c1. The van der Waals surface area contributed by atoms with Crippen molar-refractivity contribution in [2.24, 2.45) is 11.7 Å². The van der Waals surface area contributed by atoms with E-state index < -0.39 is 32.9 Å². The fraction of sp³-hybridized carbons (Fsp3) is 0.571. The molecule has 2 N–H and O–H groups in total. The van der Waals surface area contributed by atoms with Crippen molar-refractivity contribution in [1.29, 1.82) is 0 Å². The van der Waals surface area contributed by atoms with E-state index in [1.54, 1.807) is 20.8 Å². The zero-order chi connectivity index (χ0) is 16.4. The lowest BCUT2D eigenvalue weighted by Gasteiger charge is -2.20. The Morgan fingerprint density at radius 3 is 2.24 bits per heavy atom. The summed E-state index contributed by atoms with van der Waals surface area (Å²) in [6, 6.07) is 3.51.